The average Bonchev–Trinajstić information content (AvgIpc) is 3.48. The highest BCUT2D eigenvalue weighted by molar-refractivity contribution is 6.05. The number of anilines is 3. The lowest BCUT2D eigenvalue weighted by Gasteiger charge is -2.30. The van der Waals surface area contributed by atoms with Crippen LogP contribution >= 0.6 is 0 Å². The highest BCUT2D eigenvalue weighted by Crippen LogP contribution is 2.39. The maximum atomic E-state index is 13.3. The summed E-state index contributed by atoms with van der Waals surface area (Å²) in [6.07, 6.45) is 6.09. The molecule has 9 nitrogen and oxygen atoms in total. The van der Waals surface area contributed by atoms with Crippen LogP contribution in [0.5, 0.6) is 0 Å². The van der Waals surface area contributed by atoms with Gasteiger partial charge in [0, 0.05) is 37.8 Å². The molecule has 1 aliphatic heterocycles. The molecule has 1 N–H and O–H groups in total. The van der Waals surface area contributed by atoms with Gasteiger partial charge in [-0.25, -0.2) is 4.98 Å². The van der Waals surface area contributed by atoms with E-state index in [9.17, 15) is 9.59 Å². The van der Waals surface area contributed by atoms with Gasteiger partial charge in [-0.15, -0.1) is 10.2 Å². The van der Waals surface area contributed by atoms with Crippen molar-refractivity contribution in [2.24, 2.45) is 0 Å². The Bertz CT molecular complexity index is 1140. The Kier molecular flexibility index (Phi) is 4.38. The SMILES string of the molecule is CC1CC(=O)Nc2ccccc2N1C(=O)CN(C)c1nccn2c(C3CC3)nnc12. The second-order valence-electron chi connectivity index (χ2n) is 8.02. The van der Waals surface area contributed by atoms with Crippen LogP contribution in [0.4, 0.5) is 17.2 Å². The van der Waals surface area contributed by atoms with Crippen molar-refractivity contribution in [1.82, 2.24) is 19.6 Å². The minimum atomic E-state index is -0.257. The quantitative estimate of drug-likeness (QED) is 0.715. The molecule has 3 heterocycles. The van der Waals surface area contributed by atoms with Crippen molar-refractivity contribution in [3.05, 3.63) is 42.5 Å². The number of likely N-dealkylation sites (N-methyl/N-ethyl adjacent to an activating group) is 1. The fraction of sp³-hybridized carbons (Fsp3) is 0.381. The van der Waals surface area contributed by atoms with Crippen LogP contribution in [-0.2, 0) is 9.59 Å². The molecule has 3 aromatic rings. The monoisotopic (exact) mass is 405 g/mol. The Balaban J connectivity index is 1.44. The molecule has 2 aliphatic rings. The minimum Gasteiger partial charge on any atom is -0.347 e. The summed E-state index contributed by atoms with van der Waals surface area (Å²) in [6.45, 7) is 1.99. The molecule has 2 amide bonds. The van der Waals surface area contributed by atoms with Gasteiger partial charge in [-0.1, -0.05) is 12.1 Å². The Labute approximate surface area is 173 Å². The summed E-state index contributed by atoms with van der Waals surface area (Å²) in [7, 11) is 1.82. The van der Waals surface area contributed by atoms with Crippen LogP contribution in [0, 0.1) is 0 Å². The fourth-order valence-corrected chi connectivity index (χ4v) is 4.04. The molecule has 1 fully saturated rings. The van der Waals surface area contributed by atoms with Gasteiger partial charge in [-0.2, -0.15) is 0 Å². The maximum absolute atomic E-state index is 13.3. The van der Waals surface area contributed by atoms with E-state index >= 15 is 0 Å². The van der Waals surface area contributed by atoms with E-state index in [1.165, 1.54) is 0 Å². The lowest BCUT2D eigenvalue weighted by atomic mass is 10.1. The predicted molar refractivity (Wildman–Crippen MR) is 113 cm³/mol. The number of nitrogens with one attached hydrogen (secondary N) is 1. The first kappa shape index (κ1) is 18.5. The molecule has 154 valence electrons. The molecular weight excluding hydrogens is 382 g/mol. The van der Waals surface area contributed by atoms with Crippen LogP contribution in [0.3, 0.4) is 0 Å². The summed E-state index contributed by atoms with van der Waals surface area (Å²) in [6, 6.07) is 7.12. The number of para-hydroxylation sites is 2. The second kappa shape index (κ2) is 7.08. The molecule has 30 heavy (non-hydrogen) atoms. The van der Waals surface area contributed by atoms with Crippen molar-refractivity contribution in [1.29, 1.82) is 0 Å². The molecule has 5 rings (SSSR count). The number of benzene rings is 1. The summed E-state index contributed by atoms with van der Waals surface area (Å²) in [5.41, 5.74) is 2.00. The van der Waals surface area contributed by atoms with E-state index < -0.39 is 0 Å². The average molecular weight is 405 g/mol. The van der Waals surface area contributed by atoms with Crippen molar-refractivity contribution in [3.8, 4) is 0 Å². The number of fused-ring (bicyclic) bond motifs is 2. The first-order valence-electron chi connectivity index (χ1n) is 10.1. The van der Waals surface area contributed by atoms with Gasteiger partial charge in [0.05, 0.1) is 17.9 Å². The maximum Gasteiger partial charge on any atom is 0.246 e. The normalized spacial score (nSPS) is 18.7. The zero-order valence-electron chi connectivity index (χ0n) is 16.9. The Hall–Kier alpha value is -3.49. The van der Waals surface area contributed by atoms with E-state index in [2.05, 4.69) is 20.5 Å². The molecule has 2 aromatic heterocycles. The van der Waals surface area contributed by atoms with Crippen molar-refractivity contribution < 1.29 is 9.59 Å². The number of carbonyl (C=O) groups excluding carboxylic acids is 2. The third-order valence-electron chi connectivity index (χ3n) is 5.64. The number of carbonyl (C=O) groups is 2. The molecule has 0 bridgehead atoms. The molecule has 9 heteroatoms. The highest BCUT2D eigenvalue weighted by atomic mass is 16.2. The summed E-state index contributed by atoms with van der Waals surface area (Å²) in [5, 5.41) is 11.5. The smallest absolute Gasteiger partial charge is 0.246 e. The molecule has 0 spiro atoms. The molecule has 1 unspecified atom stereocenters. The van der Waals surface area contributed by atoms with Crippen molar-refractivity contribution >= 4 is 34.7 Å². The van der Waals surface area contributed by atoms with E-state index in [-0.39, 0.29) is 30.8 Å². The van der Waals surface area contributed by atoms with Crippen LogP contribution in [0.15, 0.2) is 36.7 Å². The van der Waals surface area contributed by atoms with Gasteiger partial charge >= 0.3 is 0 Å². The van der Waals surface area contributed by atoms with E-state index in [4.69, 9.17) is 0 Å². The number of rotatable bonds is 4. The van der Waals surface area contributed by atoms with E-state index in [1.807, 2.05) is 48.8 Å². The highest BCUT2D eigenvalue weighted by Gasteiger charge is 2.32. The number of amides is 2. The van der Waals surface area contributed by atoms with Crippen LogP contribution in [0.1, 0.15) is 37.9 Å². The lowest BCUT2D eigenvalue weighted by molar-refractivity contribution is -0.118. The third-order valence-corrected chi connectivity index (χ3v) is 5.64. The second-order valence-corrected chi connectivity index (χ2v) is 8.02. The topological polar surface area (TPSA) is 95.7 Å². The molecule has 0 radical (unpaired) electrons. The van der Waals surface area contributed by atoms with Gasteiger partial charge in [0.2, 0.25) is 17.5 Å². The van der Waals surface area contributed by atoms with Crippen molar-refractivity contribution in [2.45, 2.75) is 38.1 Å². The summed E-state index contributed by atoms with van der Waals surface area (Å²) in [5.74, 6) is 1.81. The van der Waals surface area contributed by atoms with E-state index in [0.717, 1.165) is 18.7 Å². The molecule has 1 aromatic carbocycles. The standard InChI is InChI=1S/C21H23N7O2/c1-13-11-17(29)23-15-5-3-4-6-16(15)28(13)18(30)12-26(2)20-21-25-24-19(14-7-8-14)27(21)10-9-22-20/h3-6,9-10,13-14H,7-8,11-12H2,1-2H3,(H,23,29). The number of aromatic nitrogens is 4. The first-order valence-corrected chi connectivity index (χ1v) is 10.1. The molecule has 1 aliphatic carbocycles. The largest absolute Gasteiger partial charge is 0.347 e. The zero-order chi connectivity index (χ0) is 20.8. The van der Waals surface area contributed by atoms with E-state index in [0.29, 0.717) is 28.8 Å². The van der Waals surface area contributed by atoms with Gasteiger partial charge in [-0.3, -0.25) is 14.0 Å². The van der Waals surface area contributed by atoms with Crippen molar-refractivity contribution in [2.75, 3.05) is 28.7 Å². The number of hydrogen-bond donors (Lipinski definition) is 1. The first-order chi connectivity index (χ1) is 14.5. The summed E-state index contributed by atoms with van der Waals surface area (Å²) in [4.78, 5) is 33.5. The molecule has 0 saturated heterocycles. The zero-order valence-corrected chi connectivity index (χ0v) is 16.9. The third kappa shape index (κ3) is 3.16. The van der Waals surface area contributed by atoms with Crippen LogP contribution in [0.25, 0.3) is 5.65 Å². The summed E-state index contributed by atoms with van der Waals surface area (Å²) < 4.78 is 1.97. The van der Waals surface area contributed by atoms with Gasteiger partial charge < -0.3 is 15.1 Å². The summed E-state index contributed by atoms with van der Waals surface area (Å²) >= 11 is 0. The Morgan fingerprint density at radius 1 is 1.27 bits per heavy atom. The number of hydrogen-bond acceptors (Lipinski definition) is 6. The molecule has 1 atom stereocenters. The van der Waals surface area contributed by atoms with Gasteiger partial charge in [0.25, 0.3) is 0 Å². The van der Waals surface area contributed by atoms with Crippen molar-refractivity contribution in [3.63, 3.8) is 0 Å². The van der Waals surface area contributed by atoms with Gasteiger partial charge in [0.1, 0.15) is 5.82 Å². The molecule has 1 saturated carbocycles. The Morgan fingerprint density at radius 2 is 2.07 bits per heavy atom. The Morgan fingerprint density at radius 3 is 2.87 bits per heavy atom. The predicted octanol–water partition coefficient (Wildman–Crippen LogP) is 2.20. The number of nitrogens with zero attached hydrogens (tertiary/aromatic N) is 6. The van der Waals surface area contributed by atoms with E-state index in [1.54, 1.807) is 16.0 Å². The van der Waals surface area contributed by atoms with Gasteiger partial charge in [0.15, 0.2) is 5.82 Å². The van der Waals surface area contributed by atoms with Crippen LogP contribution < -0.4 is 15.1 Å². The van der Waals surface area contributed by atoms with Gasteiger partial charge in [-0.05, 0) is 31.9 Å². The molecular formula is C21H23N7O2. The van der Waals surface area contributed by atoms with Crippen LogP contribution in [0.2, 0.25) is 0 Å². The minimum absolute atomic E-state index is 0.0962. The van der Waals surface area contributed by atoms with Crippen LogP contribution in [-0.4, -0.2) is 51.0 Å². The lowest BCUT2D eigenvalue weighted by Crippen LogP contribution is -2.44. The fourth-order valence-electron chi connectivity index (χ4n) is 4.04.